The summed E-state index contributed by atoms with van der Waals surface area (Å²) < 4.78 is 61.7. The highest BCUT2D eigenvalue weighted by atomic mass is 35.5. The molecule has 9 heteroatoms. The van der Waals surface area contributed by atoms with Crippen molar-refractivity contribution in [1.29, 1.82) is 0 Å². The first-order valence-corrected chi connectivity index (χ1v) is 10.3. The second kappa shape index (κ2) is 8.18. The average molecular weight is 467 g/mol. The molecular weight excluding hydrogens is 448 g/mol. The molecule has 0 amide bonds. The fourth-order valence-electron chi connectivity index (χ4n) is 4.13. The van der Waals surface area contributed by atoms with Gasteiger partial charge in [0, 0.05) is 17.7 Å². The van der Waals surface area contributed by atoms with Gasteiger partial charge < -0.3 is 9.52 Å². The van der Waals surface area contributed by atoms with Gasteiger partial charge in [-0.15, -0.1) is 0 Å². The highest BCUT2D eigenvalue weighted by Crippen LogP contribution is 2.59. The van der Waals surface area contributed by atoms with Gasteiger partial charge in [-0.05, 0) is 48.0 Å². The van der Waals surface area contributed by atoms with Crippen LogP contribution in [0.5, 0.6) is 0 Å². The first-order valence-electron chi connectivity index (χ1n) is 9.95. The molecule has 5 rings (SSSR count). The number of hydrogen-bond donors (Lipinski definition) is 2. The average Bonchev–Trinajstić information content (AvgIpc) is 3.06. The SMILES string of the molecule is CC.OC1=CC12C(c1ccc(Cl)o1)C(c1ccc(F)cc1F)NN2c1ccc(F)cc1F. The van der Waals surface area contributed by atoms with Crippen molar-refractivity contribution in [1.82, 2.24) is 5.43 Å². The molecule has 2 heterocycles. The molecule has 1 fully saturated rings. The van der Waals surface area contributed by atoms with Gasteiger partial charge in [-0.2, -0.15) is 0 Å². The molecule has 2 aliphatic rings. The Morgan fingerprint density at radius 2 is 1.59 bits per heavy atom. The molecule has 2 N–H and O–H groups in total. The minimum absolute atomic E-state index is 0.0654. The van der Waals surface area contributed by atoms with Crippen LogP contribution in [0.15, 0.2) is 64.8 Å². The molecule has 0 bridgehead atoms. The van der Waals surface area contributed by atoms with Crippen molar-refractivity contribution in [2.24, 2.45) is 0 Å². The van der Waals surface area contributed by atoms with E-state index in [0.29, 0.717) is 11.8 Å². The number of furan rings is 1. The van der Waals surface area contributed by atoms with Gasteiger partial charge in [-0.1, -0.05) is 19.9 Å². The molecule has 3 unspecified atom stereocenters. The van der Waals surface area contributed by atoms with Crippen LogP contribution in [0.1, 0.15) is 37.1 Å². The van der Waals surface area contributed by atoms with Crippen molar-refractivity contribution in [2.45, 2.75) is 31.3 Å². The van der Waals surface area contributed by atoms with Crippen LogP contribution in [-0.2, 0) is 0 Å². The van der Waals surface area contributed by atoms with Crippen molar-refractivity contribution in [3.8, 4) is 0 Å². The molecule has 1 aliphatic carbocycles. The van der Waals surface area contributed by atoms with Gasteiger partial charge in [0.2, 0.25) is 0 Å². The van der Waals surface area contributed by atoms with E-state index in [-0.39, 0.29) is 22.2 Å². The van der Waals surface area contributed by atoms with Crippen molar-refractivity contribution >= 4 is 17.3 Å². The summed E-state index contributed by atoms with van der Waals surface area (Å²) in [6.45, 7) is 4.00. The molecule has 2 aromatic carbocycles. The lowest BCUT2D eigenvalue weighted by atomic mass is 9.83. The number of nitrogens with zero attached hydrogens (tertiary/aromatic N) is 1. The third-order valence-corrected chi connectivity index (χ3v) is 5.68. The fourth-order valence-corrected chi connectivity index (χ4v) is 4.28. The summed E-state index contributed by atoms with van der Waals surface area (Å²) in [6, 6.07) is 8.23. The number of aliphatic hydroxyl groups excluding tert-OH is 1. The number of hydrogen-bond acceptors (Lipinski definition) is 4. The van der Waals surface area contributed by atoms with Gasteiger partial charge in [-0.3, -0.25) is 5.01 Å². The molecule has 168 valence electrons. The van der Waals surface area contributed by atoms with Gasteiger partial charge in [0.15, 0.2) is 11.0 Å². The van der Waals surface area contributed by atoms with E-state index >= 15 is 0 Å². The predicted molar refractivity (Wildman–Crippen MR) is 112 cm³/mol. The van der Waals surface area contributed by atoms with E-state index < -0.39 is 40.8 Å². The van der Waals surface area contributed by atoms with Crippen LogP contribution in [0.25, 0.3) is 0 Å². The van der Waals surface area contributed by atoms with Crippen LogP contribution in [0.4, 0.5) is 23.2 Å². The maximum Gasteiger partial charge on any atom is 0.193 e. The van der Waals surface area contributed by atoms with Gasteiger partial charge in [-0.25, -0.2) is 23.0 Å². The van der Waals surface area contributed by atoms with Gasteiger partial charge in [0.1, 0.15) is 34.5 Å². The van der Waals surface area contributed by atoms with Crippen molar-refractivity contribution < 1.29 is 27.1 Å². The third-order valence-electron chi connectivity index (χ3n) is 5.48. The third kappa shape index (κ3) is 3.43. The summed E-state index contributed by atoms with van der Waals surface area (Å²) in [5, 5.41) is 11.8. The Morgan fingerprint density at radius 3 is 2.12 bits per heavy atom. The number of benzene rings is 2. The summed E-state index contributed by atoms with van der Waals surface area (Å²) in [5.41, 5.74) is 1.69. The molecular formula is C23H19ClF4N2O2. The van der Waals surface area contributed by atoms with E-state index in [1.807, 2.05) is 13.8 Å². The number of hydrazine groups is 1. The topological polar surface area (TPSA) is 48.6 Å². The zero-order chi connectivity index (χ0) is 23.2. The molecule has 1 aromatic heterocycles. The highest BCUT2D eigenvalue weighted by Gasteiger charge is 2.66. The Bertz CT molecular complexity index is 1200. The number of nitrogens with one attached hydrogen (secondary N) is 1. The van der Waals surface area contributed by atoms with Crippen LogP contribution < -0.4 is 10.4 Å². The molecule has 0 radical (unpaired) electrons. The van der Waals surface area contributed by atoms with E-state index in [9.17, 15) is 22.7 Å². The van der Waals surface area contributed by atoms with Crippen molar-refractivity contribution in [3.63, 3.8) is 0 Å². The lowest BCUT2D eigenvalue weighted by molar-refractivity contribution is 0.348. The maximum absolute atomic E-state index is 14.7. The van der Waals surface area contributed by atoms with E-state index in [1.54, 1.807) is 6.07 Å². The smallest absolute Gasteiger partial charge is 0.193 e. The van der Waals surface area contributed by atoms with Crippen LogP contribution in [0.2, 0.25) is 5.22 Å². The van der Waals surface area contributed by atoms with E-state index in [4.69, 9.17) is 16.0 Å². The molecule has 1 aliphatic heterocycles. The molecule has 3 aromatic rings. The largest absolute Gasteiger partial charge is 0.510 e. The van der Waals surface area contributed by atoms with Crippen molar-refractivity contribution in [2.75, 3.05) is 5.01 Å². The Hall–Kier alpha value is -2.97. The lowest BCUT2D eigenvalue weighted by Gasteiger charge is -2.29. The Labute approximate surface area is 186 Å². The van der Waals surface area contributed by atoms with E-state index in [0.717, 1.165) is 18.2 Å². The number of rotatable bonds is 3. The quantitative estimate of drug-likeness (QED) is 0.429. The number of aliphatic hydroxyl groups is 1. The number of halogens is 5. The molecule has 1 spiro atoms. The minimum atomic E-state index is -1.30. The second-order valence-corrected chi connectivity index (χ2v) is 7.55. The van der Waals surface area contributed by atoms with Gasteiger partial charge in [0.25, 0.3) is 0 Å². The van der Waals surface area contributed by atoms with Gasteiger partial charge in [0.05, 0.1) is 17.6 Å². The molecule has 0 saturated carbocycles. The maximum atomic E-state index is 14.7. The van der Waals surface area contributed by atoms with Crippen LogP contribution in [-0.4, -0.2) is 10.6 Å². The molecule has 1 saturated heterocycles. The van der Waals surface area contributed by atoms with E-state index in [2.05, 4.69) is 5.43 Å². The Balaban J connectivity index is 0.00000119. The Morgan fingerprint density at radius 1 is 0.969 bits per heavy atom. The van der Waals surface area contributed by atoms with E-state index in [1.165, 1.54) is 29.3 Å². The summed E-state index contributed by atoms with van der Waals surface area (Å²) >= 11 is 5.93. The summed E-state index contributed by atoms with van der Waals surface area (Å²) in [7, 11) is 0. The molecule has 3 atom stereocenters. The summed E-state index contributed by atoms with van der Waals surface area (Å²) in [4.78, 5) is 0. The zero-order valence-corrected chi connectivity index (χ0v) is 17.8. The molecule has 4 nitrogen and oxygen atoms in total. The van der Waals surface area contributed by atoms with Gasteiger partial charge >= 0.3 is 0 Å². The first kappa shape index (κ1) is 22.2. The van der Waals surface area contributed by atoms with Crippen LogP contribution in [0.3, 0.4) is 0 Å². The number of anilines is 1. The lowest BCUT2D eigenvalue weighted by Crippen LogP contribution is -2.43. The predicted octanol–water partition coefficient (Wildman–Crippen LogP) is 6.56. The zero-order valence-electron chi connectivity index (χ0n) is 17.0. The monoisotopic (exact) mass is 466 g/mol. The molecule has 32 heavy (non-hydrogen) atoms. The van der Waals surface area contributed by atoms with Crippen LogP contribution >= 0.6 is 11.6 Å². The fraction of sp³-hybridized carbons (Fsp3) is 0.217. The summed E-state index contributed by atoms with van der Waals surface area (Å²) in [6.07, 6.45) is 1.45. The summed E-state index contributed by atoms with van der Waals surface area (Å²) in [5.74, 6) is -3.83. The minimum Gasteiger partial charge on any atom is -0.510 e. The van der Waals surface area contributed by atoms with Crippen molar-refractivity contribution in [3.05, 3.63) is 100 Å². The normalized spacial score (nSPS) is 23.7. The van der Waals surface area contributed by atoms with Crippen LogP contribution in [0, 0.1) is 23.3 Å². The standard InChI is InChI=1S/C21H13ClF4N2O2.C2H6/c22-18-6-5-16(30-18)19-20(12-3-1-10(23)7-13(12)25)27-28(21(19)9-17(21)29)15-4-2-11(24)8-14(15)26;1-2/h1-9,19-20,27,29H;1-2H3. The highest BCUT2D eigenvalue weighted by molar-refractivity contribution is 6.28. The first-order chi connectivity index (χ1) is 15.3. The Kier molecular flexibility index (Phi) is 5.68. The second-order valence-electron chi connectivity index (χ2n) is 7.18.